The molecule has 1 unspecified atom stereocenters. The first-order valence-corrected chi connectivity index (χ1v) is 12.4. The summed E-state index contributed by atoms with van der Waals surface area (Å²) in [6.45, 7) is 4.87. The minimum absolute atomic E-state index is 0.131. The fourth-order valence-electron chi connectivity index (χ4n) is 3.31. The van der Waals surface area contributed by atoms with E-state index in [1.165, 1.54) is 12.8 Å². The third-order valence-corrected chi connectivity index (χ3v) is 6.30. The zero-order valence-electron chi connectivity index (χ0n) is 19.8. The number of carbonyl (C=O) groups excluding carboxylic acids is 1. The number of nitrogens with zero attached hydrogens (tertiary/aromatic N) is 2. The normalized spacial score (nSPS) is 11.8. The van der Waals surface area contributed by atoms with Crippen molar-refractivity contribution in [2.24, 2.45) is 5.92 Å². The molecule has 0 N–H and O–H groups in total. The third-order valence-electron chi connectivity index (χ3n) is 5.37. The molecule has 0 saturated heterocycles. The topological polar surface area (TPSA) is 70.5 Å². The van der Waals surface area contributed by atoms with E-state index >= 15 is 0 Å². The molecule has 0 bridgehead atoms. The maximum absolute atomic E-state index is 12.1. The summed E-state index contributed by atoms with van der Waals surface area (Å²) in [5.74, 6) is 3.33. The van der Waals surface area contributed by atoms with Crippen LogP contribution in [0.3, 0.4) is 0 Å². The molecule has 176 valence electrons. The zero-order valence-corrected chi connectivity index (χ0v) is 20.6. The van der Waals surface area contributed by atoms with E-state index in [0.717, 1.165) is 47.2 Å². The van der Waals surface area contributed by atoms with Gasteiger partial charge >= 0.3 is 5.97 Å². The highest BCUT2D eigenvalue weighted by Crippen LogP contribution is 2.25. The SMILES string of the molecule is CCCCC(CC)COC(=O)CCSc1ccnc(CCc2ccc(OC)cc2OC)n1. The van der Waals surface area contributed by atoms with Crippen molar-refractivity contribution in [2.45, 2.75) is 63.8 Å². The van der Waals surface area contributed by atoms with Crippen LogP contribution in [0.15, 0.2) is 35.5 Å². The number of esters is 1. The molecule has 1 atom stereocenters. The number of methoxy groups -OCH3 is 2. The second-order valence-corrected chi connectivity index (χ2v) is 8.80. The Morgan fingerprint density at radius 2 is 1.97 bits per heavy atom. The van der Waals surface area contributed by atoms with Crippen LogP contribution in [0, 0.1) is 5.92 Å². The van der Waals surface area contributed by atoms with E-state index in [0.29, 0.717) is 31.1 Å². The van der Waals surface area contributed by atoms with Crippen LogP contribution in [-0.4, -0.2) is 42.5 Å². The van der Waals surface area contributed by atoms with Crippen LogP contribution < -0.4 is 9.47 Å². The number of unbranched alkanes of at least 4 members (excludes halogenated alkanes) is 1. The smallest absolute Gasteiger partial charge is 0.306 e. The minimum atomic E-state index is -0.131. The van der Waals surface area contributed by atoms with Gasteiger partial charge in [0.2, 0.25) is 0 Å². The number of carbonyl (C=O) groups is 1. The molecular formula is C25H36N2O4S. The van der Waals surface area contributed by atoms with Gasteiger partial charge in [0.1, 0.15) is 17.3 Å². The number of aromatic nitrogens is 2. The average Bonchev–Trinajstić information content (AvgIpc) is 2.83. The molecule has 0 amide bonds. The predicted octanol–water partition coefficient (Wildman–Crippen LogP) is 5.52. The molecule has 32 heavy (non-hydrogen) atoms. The highest BCUT2D eigenvalue weighted by Gasteiger charge is 2.11. The summed E-state index contributed by atoms with van der Waals surface area (Å²) in [5, 5.41) is 0.874. The number of ether oxygens (including phenoxy) is 3. The van der Waals surface area contributed by atoms with Crippen molar-refractivity contribution in [1.29, 1.82) is 0 Å². The van der Waals surface area contributed by atoms with Crippen molar-refractivity contribution in [3.05, 3.63) is 41.9 Å². The number of aryl methyl sites for hydroxylation is 2. The van der Waals surface area contributed by atoms with E-state index in [-0.39, 0.29) is 5.97 Å². The Kier molecular flexibility index (Phi) is 11.9. The van der Waals surface area contributed by atoms with Gasteiger partial charge in [-0.3, -0.25) is 4.79 Å². The van der Waals surface area contributed by atoms with Gasteiger partial charge in [0.05, 0.1) is 32.3 Å². The summed E-state index contributed by atoms with van der Waals surface area (Å²) in [6, 6.07) is 7.70. The number of benzene rings is 1. The molecule has 0 fully saturated rings. The molecule has 0 saturated carbocycles. The van der Waals surface area contributed by atoms with Gasteiger partial charge < -0.3 is 14.2 Å². The molecule has 7 heteroatoms. The molecule has 2 aromatic rings. The quantitative estimate of drug-likeness (QED) is 0.197. The minimum Gasteiger partial charge on any atom is -0.497 e. The average molecular weight is 461 g/mol. The van der Waals surface area contributed by atoms with E-state index in [1.54, 1.807) is 32.2 Å². The molecule has 0 spiro atoms. The van der Waals surface area contributed by atoms with Crippen LogP contribution in [0.2, 0.25) is 0 Å². The summed E-state index contributed by atoms with van der Waals surface area (Å²) in [5.41, 5.74) is 1.09. The molecule has 2 rings (SSSR count). The zero-order chi connectivity index (χ0) is 23.2. The molecule has 1 aromatic heterocycles. The monoisotopic (exact) mass is 460 g/mol. The standard InChI is InChI=1S/C25H36N2O4S/c1-5-7-8-19(6-2)18-31-25(28)14-16-32-24-13-15-26-23(27-24)12-10-20-9-11-21(29-3)17-22(20)30-4/h9,11,13,15,17,19H,5-8,10,12,14,16,18H2,1-4H3. The van der Waals surface area contributed by atoms with Gasteiger partial charge in [-0.1, -0.05) is 39.2 Å². The van der Waals surface area contributed by atoms with Crippen LogP contribution in [0.1, 0.15) is 57.3 Å². The number of rotatable bonds is 15. The van der Waals surface area contributed by atoms with Crippen LogP contribution in [-0.2, 0) is 22.4 Å². The Balaban J connectivity index is 1.78. The van der Waals surface area contributed by atoms with Crippen LogP contribution in [0.4, 0.5) is 0 Å². The maximum Gasteiger partial charge on any atom is 0.306 e. The first-order valence-electron chi connectivity index (χ1n) is 11.4. The van der Waals surface area contributed by atoms with Crippen molar-refractivity contribution in [3.63, 3.8) is 0 Å². The van der Waals surface area contributed by atoms with Crippen LogP contribution in [0.25, 0.3) is 0 Å². The van der Waals surface area contributed by atoms with Crippen molar-refractivity contribution in [2.75, 3.05) is 26.6 Å². The molecule has 0 aliphatic heterocycles. The van der Waals surface area contributed by atoms with Gasteiger partial charge in [-0.25, -0.2) is 9.97 Å². The van der Waals surface area contributed by atoms with Crippen molar-refractivity contribution < 1.29 is 19.0 Å². The highest BCUT2D eigenvalue weighted by atomic mass is 32.2. The van der Waals surface area contributed by atoms with E-state index in [4.69, 9.17) is 14.2 Å². The lowest BCUT2D eigenvalue weighted by atomic mass is 10.0. The summed E-state index contributed by atoms with van der Waals surface area (Å²) < 4.78 is 16.2. The molecular weight excluding hydrogens is 424 g/mol. The van der Waals surface area contributed by atoms with Crippen molar-refractivity contribution in [1.82, 2.24) is 9.97 Å². The third kappa shape index (κ3) is 9.07. The summed E-state index contributed by atoms with van der Waals surface area (Å²) in [7, 11) is 3.30. The van der Waals surface area contributed by atoms with Gasteiger partial charge in [-0.2, -0.15) is 0 Å². The lowest BCUT2D eigenvalue weighted by Gasteiger charge is -2.14. The fourth-order valence-corrected chi connectivity index (χ4v) is 4.11. The summed E-state index contributed by atoms with van der Waals surface area (Å²) in [6.07, 6.45) is 8.17. The molecule has 1 aromatic carbocycles. The van der Waals surface area contributed by atoms with E-state index < -0.39 is 0 Å². The van der Waals surface area contributed by atoms with Gasteiger partial charge in [-0.15, -0.1) is 11.8 Å². The second kappa shape index (κ2) is 14.7. The highest BCUT2D eigenvalue weighted by molar-refractivity contribution is 7.99. The van der Waals surface area contributed by atoms with Gasteiger partial charge in [-0.05, 0) is 36.5 Å². The molecule has 6 nitrogen and oxygen atoms in total. The lowest BCUT2D eigenvalue weighted by molar-refractivity contribution is -0.144. The predicted molar refractivity (Wildman–Crippen MR) is 129 cm³/mol. The lowest BCUT2D eigenvalue weighted by Crippen LogP contribution is -2.14. The van der Waals surface area contributed by atoms with E-state index in [2.05, 4.69) is 23.8 Å². The largest absolute Gasteiger partial charge is 0.497 e. The Morgan fingerprint density at radius 3 is 2.69 bits per heavy atom. The summed E-state index contributed by atoms with van der Waals surface area (Å²) >= 11 is 1.56. The van der Waals surface area contributed by atoms with Crippen LogP contribution in [0.5, 0.6) is 11.5 Å². The van der Waals surface area contributed by atoms with Crippen molar-refractivity contribution in [3.8, 4) is 11.5 Å². The fraction of sp³-hybridized carbons (Fsp3) is 0.560. The molecule has 0 aliphatic rings. The molecule has 0 radical (unpaired) electrons. The maximum atomic E-state index is 12.1. The Morgan fingerprint density at radius 1 is 1.12 bits per heavy atom. The van der Waals surface area contributed by atoms with E-state index in [9.17, 15) is 4.79 Å². The number of hydrogen-bond acceptors (Lipinski definition) is 7. The number of hydrogen-bond donors (Lipinski definition) is 0. The molecule has 1 heterocycles. The second-order valence-electron chi connectivity index (χ2n) is 7.69. The number of thioether (sulfide) groups is 1. The summed E-state index contributed by atoms with van der Waals surface area (Å²) in [4.78, 5) is 21.1. The van der Waals surface area contributed by atoms with Gasteiger partial charge in [0.25, 0.3) is 0 Å². The van der Waals surface area contributed by atoms with Gasteiger partial charge in [0, 0.05) is 24.4 Å². The Labute approximate surface area is 196 Å². The Hall–Kier alpha value is -2.28. The van der Waals surface area contributed by atoms with E-state index in [1.807, 2.05) is 24.3 Å². The first-order chi connectivity index (χ1) is 15.6. The van der Waals surface area contributed by atoms with Gasteiger partial charge in [0.15, 0.2) is 0 Å². The Bertz CT molecular complexity index is 831. The first kappa shape index (κ1) is 26.0. The molecule has 0 aliphatic carbocycles. The van der Waals surface area contributed by atoms with Crippen molar-refractivity contribution >= 4 is 17.7 Å². The van der Waals surface area contributed by atoms with Crippen LogP contribution >= 0.6 is 11.8 Å².